The van der Waals surface area contributed by atoms with Crippen molar-refractivity contribution in [2.75, 3.05) is 39.3 Å². The summed E-state index contributed by atoms with van der Waals surface area (Å²) in [6.07, 6.45) is 4.65. The molecule has 0 unspecified atom stereocenters. The Morgan fingerprint density at radius 3 is 2.34 bits per heavy atom. The van der Waals surface area contributed by atoms with E-state index in [-0.39, 0.29) is 18.5 Å². The van der Waals surface area contributed by atoms with E-state index in [4.69, 9.17) is 10.5 Å². The van der Waals surface area contributed by atoms with Crippen LogP contribution in [0, 0.1) is 6.92 Å². The van der Waals surface area contributed by atoms with Gasteiger partial charge in [-0.2, -0.15) is 0 Å². The molecule has 4 N–H and O–H groups in total. The van der Waals surface area contributed by atoms with Crippen LogP contribution in [0.3, 0.4) is 0 Å². The molecule has 3 heterocycles. The quantitative estimate of drug-likeness (QED) is 0.511. The molecule has 1 aromatic carbocycles. The summed E-state index contributed by atoms with van der Waals surface area (Å²) in [5.74, 6) is -0.697. The van der Waals surface area contributed by atoms with E-state index >= 15 is 0 Å². The van der Waals surface area contributed by atoms with Crippen molar-refractivity contribution in [1.29, 1.82) is 0 Å². The van der Waals surface area contributed by atoms with Crippen molar-refractivity contribution < 1.29 is 19.1 Å². The van der Waals surface area contributed by atoms with Crippen LogP contribution in [-0.4, -0.2) is 72.6 Å². The minimum absolute atomic E-state index is 0.241. The molecule has 0 bridgehead atoms. The number of urea groups is 1. The largest absolute Gasteiger partial charge is 0.463 e. The average molecular weight is 484 g/mol. The molecule has 3 aliphatic heterocycles. The second-order valence-corrected chi connectivity index (χ2v) is 9.77. The van der Waals surface area contributed by atoms with Gasteiger partial charge in [-0.15, -0.1) is 0 Å². The molecule has 3 amide bonds. The van der Waals surface area contributed by atoms with E-state index in [1.54, 1.807) is 6.92 Å². The number of ether oxygens (including phenoxy) is 1. The Morgan fingerprint density at radius 1 is 1.09 bits per heavy atom. The number of nitrogens with zero attached hydrogens (tertiary/aromatic N) is 2. The Kier molecular flexibility index (Phi) is 7.76. The predicted molar refractivity (Wildman–Crippen MR) is 132 cm³/mol. The lowest BCUT2D eigenvalue weighted by Crippen LogP contribution is -2.63. The molecule has 9 heteroatoms. The van der Waals surface area contributed by atoms with E-state index in [1.807, 2.05) is 31.2 Å². The topological polar surface area (TPSA) is 117 Å². The molecule has 0 spiro atoms. The monoisotopic (exact) mass is 483 g/mol. The third-order valence-electron chi connectivity index (χ3n) is 7.54. The molecule has 2 fully saturated rings. The van der Waals surface area contributed by atoms with Crippen LogP contribution >= 0.6 is 0 Å². The lowest BCUT2D eigenvalue weighted by Gasteiger charge is -2.48. The fraction of sp³-hybridized carbons (Fsp3) is 0.577. The van der Waals surface area contributed by atoms with E-state index < -0.39 is 17.6 Å². The molecule has 0 aromatic heterocycles. The van der Waals surface area contributed by atoms with Crippen molar-refractivity contribution >= 4 is 17.9 Å². The molecular formula is C26H37N5O4. The molecule has 35 heavy (non-hydrogen) atoms. The molecule has 190 valence electrons. The highest BCUT2D eigenvalue weighted by Crippen LogP contribution is 2.33. The fourth-order valence-electron chi connectivity index (χ4n) is 5.55. The van der Waals surface area contributed by atoms with Gasteiger partial charge in [-0.3, -0.25) is 14.6 Å². The maximum absolute atomic E-state index is 13.0. The Balaban J connectivity index is 1.57. The lowest BCUT2D eigenvalue weighted by molar-refractivity contribution is -0.139. The predicted octanol–water partition coefficient (Wildman–Crippen LogP) is 1.97. The summed E-state index contributed by atoms with van der Waals surface area (Å²) in [7, 11) is 0. The van der Waals surface area contributed by atoms with Gasteiger partial charge in [0.25, 0.3) is 0 Å². The van der Waals surface area contributed by atoms with Gasteiger partial charge in [-0.05, 0) is 58.2 Å². The zero-order valence-electron chi connectivity index (χ0n) is 20.8. The number of carbonyl (C=O) groups excluding carboxylic acids is 3. The number of amides is 3. The van der Waals surface area contributed by atoms with Crippen molar-refractivity contribution in [1.82, 2.24) is 20.4 Å². The number of aryl methyl sites for hydroxylation is 1. The molecule has 0 radical (unpaired) electrons. The van der Waals surface area contributed by atoms with Gasteiger partial charge in [0.15, 0.2) is 0 Å². The number of primary amides is 1. The molecule has 3 aliphatic rings. The highest BCUT2D eigenvalue weighted by molar-refractivity contribution is 5.95. The zero-order valence-corrected chi connectivity index (χ0v) is 20.8. The number of piperidine rings is 2. The highest BCUT2D eigenvalue weighted by atomic mass is 16.5. The van der Waals surface area contributed by atoms with Crippen LogP contribution in [0.2, 0.25) is 0 Å². The van der Waals surface area contributed by atoms with Crippen LogP contribution in [0.5, 0.6) is 0 Å². The highest BCUT2D eigenvalue weighted by Gasteiger charge is 2.45. The van der Waals surface area contributed by atoms with Crippen molar-refractivity contribution in [3.63, 3.8) is 0 Å². The van der Waals surface area contributed by atoms with Crippen molar-refractivity contribution in [3.05, 3.63) is 46.7 Å². The Bertz CT molecular complexity index is 976. The van der Waals surface area contributed by atoms with E-state index in [0.29, 0.717) is 43.7 Å². The summed E-state index contributed by atoms with van der Waals surface area (Å²) in [5.41, 5.74) is 8.19. The third kappa shape index (κ3) is 5.36. The lowest BCUT2D eigenvalue weighted by atomic mass is 9.83. The zero-order chi connectivity index (χ0) is 25.0. The first kappa shape index (κ1) is 25.2. The van der Waals surface area contributed by atoms with Gasteiger partial charge >= 0.3 is 12.0 Å². The normalized spacial score (nSPS) is 23.4. The summed E-state index contributed by atoms with van der Waals surface area (Å²) in [4.78, 5) is 42.7. The second-order valence-electron chi connectivity index (χ2n) is 9.77. The van der Waals surface area contributed by atoms with Gasteiger partial charge in [0.1, 0.15) is 5.54 Å². The number of carbonyl (C=O) groups is 3. The molecular weight excluding hydrogens is 446 g/mol. The standard InChI is InChI=1S/C26H37N5O4/c1-3-35-23(32)21-20(28-25(34)29-22(21)19-9-7-18(2)8-10-19)17-30-15-11-26(12-16-30,24(27)33)31-13-5-4-6-14-31/h7-10,22H,3-6,11-17H2,1-2H3,(H2,27,33)(H2,28,29,34)/t22-/m1/s1. The number of nitrogens with two attached hydrogens (primary N) is 1. The maximum atomic E-state index is 13.0. The van der Waals surface area contributed by atoms with Crippen molar-refractivity contribution in [2.45, 2.75) is 57.5 Å². The van der Waals surface area contributed by atoms with E-state index in [9.17, 15) is 14.4 Å². The minimum atomic E-state index is -0.614. The molecule has 2 saturated heterocycles. The van der Waals surface area contributed by atoms with Crippen LogP contribution in [0.4, 0.5) is 4.79 Å². The number of nitrogens with one attached hydrogen (secondary N) is 2. The Labute approximate surface area is 207 Å². The number of benzene rings is 1. The Morgan fingerprint density at radius 2 is 1.74 bits per heavy atom. The maximum Gasteiger partial charge on any atom is 0.338 e. The first-order valence-electron chi connectivity index (χ1n) is 12.7. The minimum Gasteiger partial charge on any atom is -0.463 e. The molecule has 0 saturated carbocycles. The summed E-state index contributed by atoms with van der Waals surface area (Å²) in [6.45, 7) is 7.49. The number of hydrogen-bond acceptors (Lipinski definition) is 6. The number of esters is 1. The Hall–Kier alpha value is -2.91. The fourth-order valence-corrected chi connectivity index (χ4v) is 5.55. The molecule has 4 rings (SSSR count). The summed E-state index contributed by atoms with van der Waals surface area (Å²) in [6, 6.07) is 6.81. The molecule has 0 aliphatic carbocycles. The third-order valence-corrected chi connectivity index (χ3v) is 7.54. The van der Waals surface area contributed by atoms with Gasteiger partial charge in [0.05, 0.1) is 18.2 Å². The summed E-state index contributed by atoms with van der Waals surface area (Å²) >= 11 is 0. The van der Waals surface area contributed by atoms with E-state index in [2.05, 4.69) is 20.4 Å². The SMILES string of the molecule is CCOC(=O)C1=C(CN2CCC(C(N)=O)(N3CCCCC3)CC2)NC(=O)N[C@@H]1c1ccc(C)cc1. The van der Waals surface area contributed by atoms with Gasteiger partial charge in [-0.25, -0.2) is 9.59 Å². The molecule has 1 aromatic rings. The van der Waals surface area contributed by atoms with Gasteiger partial charge in [0, 0.05) is 25.3 Å². The van der Waals surface area contributed by atoms with Crippen molar-refractivity contribution in [3.8, 4) is 0 Å². The van der Waals surface area contributed by atoms with Crippen LogP contribution in [0.15, 0.2) is 35.5 Å². The second kappa shape index (κ2) is 10.8. The van der Waals surface area contributed by atoms with Crippen LogP contribution in [0.25, 0.3) is 0 Å². The first-order valence-corrected chi connectivity index (χ1v) is 12.7. The average Bonchev–Trinajstić information content (AvgIpc) is 2.85. The van der Waals surface area contributed by atoms with Crippen molar-refractivity contribution in [2.24, 2.45) is 5.73 Å². The molecule has 1 atom stereocenters. The van der Waals surface area contributed by atoms with Crippen LogP contribution in [-0.2, 0) is 14.3 Å². The summed E-state index contributed by atoms with van der Waals surface area (Å²) < 4.78 is 5.38. The van der Waals surface area contributed by atoms with Gasteiger partial charge in [-0.1, -0.05) is 36.2 Å². The summed E-state index contributed by atoms with van der Waals surface area (Å²) in [5, 5.41) is 5.74. The molecule has 9 nitrogen and oxygen atoms in total. The van der Waals surface area contributed by atoms with Crippen LogP contribution < -0.4 is 16.4 Å². The number of hydrogen-bond donors (Lipinski definition) is 3. The van der Waals surface area contributed by atoms with E-state index in [0.717, 1.165) is 37.1 Å². The van der Waals surface area contributed by atoms with E-state index in [1.165, 1.54) is 6.42 Å². The first-order chi connectivity index (χ1) is 16.8. The van der Waals surface area contributed by atoms with Gasteiger partial charge in [0.2, 0.25) is 5.91 Å². The van der Waals surface area contributed by atoms with Gasteiger partial charge < -0.3 is 21.1 Å². The van der Waals surface area contributed by atoms with Crippen LogP contribution in [0.1, 0.15) is 56.2 Å². The number of likely N-dealkylation sites (tertiary alicyclic amines) is 2. The number of rotatable bonds is 7. The smallest absolute Gasteiger partial charge is 0.338 e.